The minimum atomic E-state index is 0.613. The topological polar surface area (TPSA) is 60.6 Å². The van der Waals surface area contributed by atoms with E-state index in [0.29, 0.717) is 6.04 Å². The second kappa shape index (κ2) is 6.07. The molecule has 3 rings (SSSR count). The molecule has 2 aromatic rings. The minimum absolute atomic E-state index is 0.613. The molecule has 1 fully saturated rings. The molecule has 1 aliphatic carbocycles. The Morgan fingerprint density at radius 2 is 2.10 bits per heavy atom. The molecule has 0 saturated heterocycles. The Morgan fingerprint density at radius 1 is 1.25 bits per heavy atom. The molecule has 6 heteroatoms. The van der Waals surface area contributed by atoms with Gasteiger partial charge in [0, 0.05) is 38.4 Å². The van der Waals surface area contributed by atoms with Crippen LogP contribution >= 0.6 is 0 Å². The van der Waals surface area contributed by atoms with E-state index in [1.807, 2.05) is 13.2 Å². The van der Waals surface area contributed by atoms with Gasteiger partial charge in [0.1, 0.15) is 6.33 Å². The first kappa shape index (κ1) is 13.1. The third-order valence-corrected chi connectivity index (χ3v) is 3.92. The summed E-state index contributed by atoms with van der Waals surface area (Å²) in [5, 5.41) is 7.69. The lowest BCUT2D eigenvalue weighted by Crippen LogP contribution is -2.17. The van der Waals surface area contributed by atoms with E-state index in [4.69, 9.17) is 0 Å². The number of nitrogens with zero attached hydrogens (tertiary/aromatic N) is 5. The summed E-state index contributed by atoms with van der Waals surface area (Å²) in [4.78, 5) is 8.67. The van der Waals surface area contributed by atoms with Crippen molar-refractivity contribution in [2.24, 2.45) is 7.05 Å². The van der Waals surface area contributed by atoms with Crippen LogP contribution in [0.5, 0.6) is 0 Å². The molecular formula is C14H22N6. The summed E-state index contributed by atoms with van der Waals surface area (Å²) in [6.07, 6.45) is 13.1. The Balaban J connectivity index is 1.56. The number of imidazole rings is 1. The molecule has 0 spiro atoms. The molecule has 0 atom stereocenters. The van der Waals surface area contributed by atoms with Crippen molar-refractivity contribution in [2.45, 2.75) is 44.6 Å². The van der Waals surface area contributed by atoms with Crippen LogP contribution in [0.25, 0.3) is 0 Å². The number of aromatic nitrogens is 5. The van der Waals surface area contributed by atoms with E-state index in [9.17, 15) is 0 Å². The third kappa shape index (κ3) is 3.00. The van der Waals surface area contributed by atoms with Crippen molar-refractivity contribution < 1.29 is 0 Å². The quantitative estimate of drug-likeness (QED) is 0.907. The predicted molar refractivity (Wildman–Crippen MR) is 77.5 cm³/mol. The van der Waals surface area contributed by atoms with Crippen molar-refractivity contribution in [3.05, 3.63) is 24.5 Å². The molecule has 1 saturated carbocycles. The highest BCUT2D eigenvalue weighted by molar-refractivity contribution is 5.27. The maximum absolute atomic E-state index is 4.43. The zero-order valence-electron chi connectivity index (χ0n) is 12.0. The Kier molecular flexibility index (Phi) is 3.99. The van der Waals surface area contributed by atoms with Crippen LogP contribution in [-0.2, 0) is 13.5 Å². The summed E-state index contributed by atoms with van der Waals surface area (Å²) >= 11 is 0. The normalized spacial score (nSPS) is 16.4. The fourth-order valence-corrected chi connectivity index (χ4v) is 2.89. The van der Waals surface area contributed by atoms with Crippen LogP contribution in [0.4, 0.5) is 5.95 Å². The maximum Gasteiger partial charge on any atom is 0.203 e. The van der Waals surface area contributed by atoms with Crippen molar-refractivity contribution in [2.75, 3.05) is 11.9 Å². The molecule has 108 valence electrons. The average molecular weight is 274 g/mol. The van der Waals surface area contributed by atoms with Gasteiger partial charge in [-0.25, -0.2) is 9.97 Å². The maximum atomic E-state index is 4.43. The zero-order chi connectivity index (χ0) is 13.8. The average Bonchev–Trinajstić information content (AvgIpc) is 3.09. The number of hydrogen-bond acceptors (Lipinski definition) is 4. The van der Waals surface area contributed by atoms with E-state index in [-0.39, 0.29) is 0 Å². The summed E-state index contributed by atoms with van der Waals surface area (Å²) in [6, 6.07) is 0.613. The summed E-state index contributed by atoms with van der Waals surface area (Å²) in [7, 11) is 1.89. The summed E-state index contributed by atoms with van der Waals surface area (Å²) in [5.41, 5.74) is 0. The van der Waals surface area contributed by atoms with Crippen LogP contribution in [0.3, 0.4) is 0 Å². The van der Waals surface area contributed by atoms with Crippen molar-refractivity contribution in [1.82, 2.24) is 24.3 Å². The van der Waals surface area contributed by atoms with Crippen molar-refractivity contribution in [3.63, 3.8) is 0 Å². The number of hydrogen-bond donors (Lipinski definition) is 1. The molecule has 0 aromatic carbocycles. The lowest BCUT2D eigenvalue weighted by molar-refractivity contribution is 0.356. The van der Waals surface area contributed by atoms with Crippen molar-refractivity contribution >= 4 is 5.95 Å². The van der Waals surface area contributed by atoms with Crippen LogP contribution in [0.15, 0.2) is 18.7 Å². The highest BCUT2D eigenvalue weighted by Gasteiger charge is 2.17. The molecule has 20 heavy (non-hydrogen) atoms. The van der Waals surface area contributed by atoms with Gasteiger partial charge in [0.25, 0.3) is 0 Å². The summed E-state index contributed by atoms with van der Waals surface area (Å²) in [5.74, 6) is 1.85. The fraction of sp³-hybridized carbons (Fsp3) is 0.643. The van der Waals surface area contributed by atoms with Crippen LogP contribution in [0.1, 0.15) is 44.0 Å². The van der Waals surface area contributed by atoms with Gasteiger partial charge in [0.05, 0.1) is 0 Å². The number of nitrogens with one attached hydrogen (secondary N) is 1. The highest BCUT2D eigenvalue weighted by atomic mass is 15.3. The van der Waals surface area contributed by atoms with Crippen LogP contribution in [0, 0.1) is 0 Å². The van der Waals surface area contributed by atoms with Crippen molar-refractivity contribution in [3.8, 4) is 0 Å². The molecule has 0 bridgehead atoms. The monoisotopic (exact) mass is 274 g/mol. The Morgan fingerprint density at radius 3 is 2.85 bits per heavy atom. The molecule has 0 aliphatic heterocycles. The van der Waals surface area contributed by atoms with Crippen LogP contribution < -0.4 is 5.32 Å². The van der Waals surface area contributed by atoms with E-state index in [1.165, 1.54) is 32.1 Å². The SMILES string of the molecule is Cn1cnc(CCNc2nccn2C2CCCCC2)n1. The van der Waals surface area contributed by atoms with Crippen LogP contribution in [-0.4, -0.2) is 30.9 Å². The molecule has 1 N–H and O–H groups in total. The number of rotatable bonds is 5. The third-order valence-electron chi connectivity index (χ3n) is 3.92. The van der Waals surface area contributed by atoms with E-state index >= 15 is 0 Å². The van der Waals surface area contributed by atoms with Crippen molar-refractivity contribution in [1.29, 1.82) is 0 Å². The second-order valence-corrected chi connectivity index (χ2v) is 5.46. The standard InChI is InChI=1S/C14H22N6/c1-19-11-17-13(18-19)7-8-15-14-16-9-10-20(14)12-5-3-2-4-6-12/h9-12H,2-8H2,1H3,(H,15,16). The smallest absolute Gasteiger partial charge is 0.203 e. The first-order valence-corrected chi connectivity index (χ1v) is 7.44. The van der Waals surface area contributed by atoms with Gasteiger partial charge in [0.15, 0.2) is 5.82 Å². The largest absolute Gasteiger partial charge is 0.355 e. The van der Waals surface area contributed by atoms with E-state index in [1.54, 1.807) is 11.0 Å². The lowest BCUT2D eigenvalue weighted by atomic mass is 9.95. The summed E-state index contributed by atoms with van der Waals surface area (Å²) < 4.78 is 4.03. The molecule has 6 nitrogen and oxygen atoms in total. The van der Waals surface area contributed by atoms with Gasteiger partial charge in [-0.3, -0.25) is 4.68 Å². The van der Waals surface area contributed by atoms with E-state index in [2.05, 4.69) is 31.1 Å². The molecule has 2 heterocycles. The highest BCUT2D eigenvalue weighted by Crippen LogP contribution is 2.29. The van der Waals surface area contributed by atoms with Crippen LogP contribution in [0.2, 0.25) is 0 Å². The van der Waals surface area contributed by atoms with E-state index < -0.39 is 0 Å². The zero-order valence-corrected chi connectivity index (χ0v) is 12.0. The molecule has 0 amide bonds. The molecule has 2 aromatic heterocycles. The first-order valence-electron chi connectivity index (χ1n) is 7.44. The van der Waals surface area contributed by atoms with Gasteiger partial charge in [-0.1, -0.05) is 19.3 Å². The first-order chi connectivity index (χ1) is 9.83. The summed E-state index contributed by atoms with van der Waals surface area (Å²) in [6.45, 7) is 0.813. The fourth-order valence-electron chi connectivity index (χ4n) is 2.89. The molecular weight excluding hydrogens is 252 g/mol. The van der Waals surface area contributed by atoms with Gasteiger partial charge in [-0.15, -0.1) is 0 Å². The molecule has 0 radical (unpaired) electrons. The Labute approximate surface area is 119 Å². The lowest BCUT2D eigenvalue weighted by Gasteiger charge is -2.24. The second-order valence-electron chi connectivity index (χ2n) is 5.46. The Hall–Kier alpha value is -1.85. The Bertz CT molecular complexity index is 537. The van der Waals surface area contributed by atoms with Gasteiger partial charge in [0.2, 0.25) is 5.95 Å². The van der Waals surface area contributed by atoms with Gasteiger partial charge in [-0.05, 0) is 12.8 Å². The molecule has 1 aliphatic rings. The van der Waals surface area contributed by atoms with Gasteiger partial charge in [-0.2, -0.15) is 5.10 Å². The molecule has 0 unspecified atom stereocenters. The number of anilines is 1. The number of aryl methyl sites for hydroxylation is 1. The van der Waals surface area contributed by atoms with Gasteiger partial charge < -0.3 is 9.88 Å². The van der Waals surface area contributed by atoms with E-state index in [0.717, 1.165) is 24.7 Å². The predicted octanol–water partition coefficient (Wildman–Crippen LogP) is 2.17. The van der Waals surface area contributed by atoms with Gasteiger partial charge >= 0.3 is 0 Å². The minimum Gasteiger partial charge on any atom is -0.355 e.